The Balaban J connectivity index is 2.31. The van der Waals surface area contributed by atoms with Crippen LogP contribution in [-0.2, 0) is 6.42 Å². The Morgan fingerprint density at radius 3 is 2.47 bits per heavy atom. The standard InChI is InChI=1S/C17H20BN/c1-4-12-9-10-14-13-7-5-6-8-15(13)18(11(2)3)16(14)17(12)19/h5-11H,4,19H2,1-3H3. The van der Waals surface area contributed by atoms with Gasteiger partial charge in [-0.3, -0.25) is 0 Å². The smallest absolute Gasteiger partial charge is 0.216 e. The Morgan fingerprint density at radius 1 is 1.05 bits per heavy atom. The van der Waals surface area contributed by atoms with E-state index >= 15 is 0 Å². The molecule has 19 heavy (non-hydrogen) atoms. The van der Waals surface area contributed by atoms with Crippen molar-refractivity contribution in [2.75, 3.05) is 5.73 Å². The fraction of sp³-hybridized carbons (Fsp3) is 0.294. The van der Waals surface area contributed by atoms with Gasteiger partial charge in [-0.1, -0.05) is 68.4 Å². The molecule has 2 heteroatoms. The molecular formula is C17H20BN. The van der Waals surface area contributed by atoms with Crippen molar-refractivity contribution in [2.24, 2.45) is 0 Å². The van der Waals surface area contributed by atoms with Gasteiger partial charge >= 0.3 is 0 Å². The van der Waals surface area contributed by atoms with E-state index in [1.807, 2.05) is 0 Å². The highest BCUT2D eigenvalue weighted by Gasteiger charge is 2.35. The van der Waals surface area contributed by atoms with E-state index in [0.29, 0.717) is 12.5 Å². The first kappa shape index (κ1) is 12.3. The second-order valence-corrected chi connectivity index (χ2v) is 5.76. The summed E-state index contributed by atoms with van der Waals surface area (Å²) < 4.78 is 0. The van der Waals surface area contributed by atoms with Gasteiger partial charge in [-0.15, -0.1) is 0 Å². The quantitative estimate of drug-likeness (QED) is 0.642. The molecule has 0 spiro atoms. The highest BCUT2D eigenvalue weighted by atomic mass is 14.6. The molecule has 1 aliphatic heterocycles. The van der Waals surface area contributed by atoms with E-state index in [1.165, 1.54) is 27.6 Å². The topological polar surface area (TPSA) is 26.0 Å². The molecule has 96 valence electrons. The minimum absolute atomic E-state index is 0.442. The average molecular weight is 249 g/mol. The molecule has 3 rings (SSSR count). The van der Waals surface area contributed by atoms with Crippen molar-refractivity contribution in [1.29, 1.82) is 0 Å². The summed E-state index contributed by atoms with van der Waals surface area (Å²) in [6.45, 7) is 7.19. The van der Waals surface area contributed by atoms with E-state index in [1.54, 1.807) is 0 Å². The number of hydrogen-bond acceptors (Lipinski definition) is 1. The van der Waals surface area contributed by atoms with Gasteiger partial charge in [0.1, 0.15) is 0 Å². The fourth-order valence-corrected chi connectivity index (χ4v) is 3.42. The van der Waals surface area contributed by atoms with Gasteiger partial charge in [-0.25, -0.2) is 0 Å². The molecular weight excluding hydrogens is 229 g/mol. The zero-order valence-electron chi connectivity index (χ0n) is 11.9. The number of nitrogens with two attached hydrogens (primary N) is 1. The number of anilines is 1. The summed E-state index contributed by atoms with van der Waals surface area (Å²) in [6.07, 6.45) is 1.00. The van der Waals surface area contributed by atoms with Gasteiger partial charge in [-0.05, 0) is 28.6 Å². The molecule has 1 aliphatic rings. The Bertz CT molecular complexity index is 631. The number of nitrogen functional groups attached to an aromatic ring is 1. The van der Waals surface area contributed by atoms with E-state index in [9.17, 15) is 0 Å². The van der Waals surface area contributed by atoms with Crippen LogP contribution in [-0.4, -0.2) is 6.71 Å². The Morgan fingerprint density at radius 2 is 1.79 bits per heavy atom. The predicted octanol–water partition coefficient (Wildman–Crippen LogP) is 2.83. The molecule has 1 nitrogen and oxygen atoms in total. The number of fused-ring (bicyclic) bond motifs is 3. The van der Waals surface area contributed by atoms with Crippen LogP contribution >= 0.6 is 0 Å². The first-order valence-corrected chi connectivity index (χ1v) is 7.15. The number of hydrogen-bond donors (Lipinski definition) is 1. The lowest BCUT2D eigenvalue weighted by Crippen LogP contribution is -2.42. The third-order valence-corrected chi connectivity index (χ3v) is 4.32. The van der Waals surface area contributed by atoms with Crippen LogP contribution < -0.4 is 16.7 Å². The molecule has 2 N–H and O–H groups in total. The van der Waals surface area contributed by atoms with Gasteiger partial charge in [-0.2, -0.15) is 0 Å². The molecule has 0 unspecified atom stereocenters. The molecule has 0 atom stereocenters. The molecule has 0 radical (unpaired) electrons. The molecule has 1 heterocycles. The average Bonchev–Trinajstić information content (AvgIpc) is 2.75. The lowest BCUT2D eigenvalue weighted by molar-refractivity contribution is 1.05. The zero-order valence-corrected chi connectivity index (χ0v) is 11.9. The van der Waals surface area contributed by atoms with Gasteiger partial charge < -0.3 is 5.73 Å². The summed E-state index contributed by atoms with van der Waals surface area (Å²) in [4.78, 5) is 0. The van der Waals surface area contributed by atoms with Crippen molar-refractivity contribution >= 4 is 23.3 Å². The van der Waals surface area contributed by atoms with E-state index in [0.717, 1.165) is 12.1 Å². The fourth-order valence-electron chi connectivity index (χ4n) is 3.42. The minimum Gasteiger partial charge on any atom is -0.399 e. The van der Waals surface area contributed by atoms with Crippen molar-refractivity contribution in [2.45, 2.75) is 33.0 Å². The van der Waals surface area contributed by atoms with E-state index in [4.69, 9.17) is 5.73 Å². The predicted molar refractivity (Wildman–Crippen MR) is 85.8 cm³/mol. The van der Waals surface area contributed by atoms with Crippen molar-refractivity contribution < 1.29 is 0 Å². The van der Waals surface area contributed by atoms with Crippen LogP contribution in [0.5, 0.6) is 0 Å². The number of benzene rings is 2. The molecule has 0 aromatic heterocycles. The third-order valence-electron chi connectivity index (χ3n) is 4.32. The zero-order chi connectivity index (χ0) is 13.6. The summed E-state index contributed by atoms with van der Waals surface area (Å²) in [6, 6.07) is 13.2. The van der Waals surface area contributed by atoms with Crippen LogP contribution in [0, 0.1) is 0 Å². The van der Waals surface area contributed by atoms with E-state index in [-0.39, 0.29) is 0 Å². The first-order valence-electron chi connectivity index (χ1n) is 7.15. The first-order chi connectivity index (χ1) is 9.15. The van der Waals surface area contributed by atoms with Gasteiger partial charge in [0.05, 0.1) is 0 Å². The van der Waals surface area contributed by atoms with Crippen molar-refractivity contribution in [3.63, 3.8) is 0 Å². The number of rotatable bonds is 2. The maximum atomic E-state index is 6.45. The van der Waals surface area contributed by atoms with Crippen LogP contribution in [0.1, 0.15) is 26.3 Å². The minimum atomic E-state index is 0.442. The summed E-state index contributed by atoms with van der Waals surface area (Å²) in [5, 5.41) is 0. The number of aryl methyl sites for hydroxylation is 1. The highest BCUT2D eigenvalue weighted by Crippen LogP contribution is 2.30. The molecule has 0 amide bonds. The maximum Gasteiger partial charge on any atom is 0.216 e. The molecule has 2 aromatic rings. The van der Waals surface area contributed by atoms with Gasteiger partial charge in [0.15, 0.2) is 0 Å². The van der Waals surface area contributed by atoms with Gasteiger partial charge in [0.2, 0.25) is 6.71 Å². The summed E-state index contributed by atoms with van der Waals surface area (Å²) in [5.74, 6) is 0.566. The van der Waals surface area contributed by atoms with Gasteiger partial charge in [0, 0.05) is 5.69 Å². The molecule has 0 bridgehead atoms. The summed E-state index contributed by atoms with van der Waals surface area (Å²) >= 11 is 0. The van der Waals surface area contributed by atoms with Crippen LogP contribution in [0.25, 0.3) is 11.1 Å². The lowest BCUT2D eigenvalue weighted by atomic mass is 9.36. The molecule has 0 fully saturated rings. The van der Waals surface area contributed by atoms with E-state index in [2.05, 4.69) is 57.2 Å². The van der Waals surface area contributed by atoms with Crippen molar-refractivity contribution in [1.82, 2.24) is 0 Å². The van der Waals surface area contributed by atoms with Crippen LogP contribution in [0.15, 0.2) is 36.4 Å². The Kier molecular flexibility index (Phi) is 2.89. The SMILES string of the molecule is CCc1ccc2c(c1N)B(C(C)C)c1ccccc1-2. The van der Waals surface area contributed by atoms with Gasteiger partial charge in [0.25, 0.3) is 0 Å². The summed E-state index contributed by atoms with van der Waals surface area (Å²) in [5.41, 5.74) is 14.2. The Labute approximate surface area is 115 Å². The second kappa shape index (κ2) is 4.45. The third kappa shape index (κ3) is 1.70. The van der Waals surface area contributed by atoms with Crippen LogP contribution in [0.4, 0.5) is 5.69 Å². The maximum absolute atomic E-state index is 6.45. The van der Waals surface area contributed by atoms with Crippen molar-refractivity contribution in [3.05, 3.63) is 42.0 Å². The molecule has 2 aromatic carbocycles. The second-order valence-electron chi connectivity index (χ2n) is 5.76. The van der Waals surface area contributed by atoms with E-state index < -0.39 is 0 Å². The highest BCUT2D eigenvalue weighted by molar-refractivity contribution is 6.91. The molecule has 0 aliphatic carbocycles. The normalized spacial score (nSPS) is 12.7. The van der Waals surface area contributed by atoms with Crippen LogP contribution in [0.3, 0.4) is 0 Å². The lowest BCUT2D eigenvalue weighted by Gasteiger charge is -2.17. The molecule has 0 saturated carbocycles. The summed E-state index contributed by atoms with van der Waals surface area (Å²) in [7, 11) is 0. The van der Waals surface area contributed by atoms with Crippen molar-refractivity contribution in [3.8, 4) is 11.1 Å². The monoisotopic (exact) mass is 249 g/mol. The largest absolute Gasteiger partial charge is 0.399 e. The Hall–Kier alpha value is -1.70. The van der Waals surface area contributed by atoms with Crippen LogP contribution in [0.2, 0.25) is 5.82 Å². The molecule has 0 saturated heterocycles.